The second-order valence-electron chi connectivity index (χ2n) is 7.08. The molecule has 1 heterocycles. The monoisotopic (exact) mass is 413 g/mol. The lowest BCUT2D eigenvalue weighted by Gasteiger charge is -2.09. The molecule has 0 saturated carbocycles. The number of benzene rings is 3. The van der Waals surface area contributed by atoms with E-state index in [1.165, 1.54) is 0 Å². The van der Waals surface area contributed by atoms with Crippen molar-refractivity contribution < 1.29 is 14.3 Å². The lowest BCUT2D eigenvalue weighted by Crippen LogP contribution is -2.14. The van der Waals surface area contributed by atoms with Crippen LogP contribution < -0.4 is 10.1 Å². The predicted molar refractivity (Wildman–Crippen MR) is 121 cm³/mol. The zero-order valence-electron chi connectivity index (χ0n) is 17.2. The number of ketones is 1. The number of H-pyrrole nitrogens is 1. The number of para-hydroxylation sites is 3. The molecule has 0 saturated heterocycles. The molecule has 31 heavy (non-hydrogen) atoms. The Morgan fingerprint density at radius 2 is 1.68 bits per heavy atom. The molecular weight excluding hydrogens is 390 g/mol. The van der Waals surface area contributed by atoms with Crippen LogP contribution in [0, 0.1) is 0 Å². The highest BCUT2D eigenvalue weighted by Crippen LogP contribution is 2.27. The van der Waals surface area contributed by atoms with Gasteiger partial charge < -0.3 is 15.0 Å². The quantitative estimate of drug-likeness (QED) is 0.387. The van der Waals surface area contributed by atoms with Gasteiger partial charge in [0.05, 0.1) is 23.3 Å². The number of aromatic amines is 1. The van der Waals surface area contributed by atoms with E-state index in [1.807, 2.05) is 55.5 Å². The van der Waals surface area contributed by atoms with E-state index in [2.05, 4.69) is 15.3 Å². The highest BCUT2D eigenvalue weighted by atomic mass is 16.5. The molecule has 156 valence electrons. The van der Waals surface area contributed by atoms with Gasteiger partial charge in [0.25, 0.3) is 0 Å². The fourth-order valence-corrected chi connectivity index (χ4v) is 3.37. The normalized spacial score (nSPS) is 10.7. The second-order valence-corrected chi connectivity index (χ2v) is 7.08. The molecule has 0 spiro atoms. The van der Waals surface area contributed by atoms with Gasteiger partial charge in [-0.1, -0.05) is 24.3 Å². The van der Waals surface area contributed by atoms with Crippen molar-refractivity contribution in [2.24, 2.45) is 0 Å². The minimum atomic E-state index is -0.220. The number of imidazole rings is 1. The molecule has 1 amide bonds. The van der Waals surface area contributed by atoms with Crippen molar-refractivity contribution in [3.05, 3.63) is 78.4 Å². The summed E-state index contributed by atoms with van der Waals surface area (Å²) in [6, 6.07) is 22.2. The maximum Gasteiger partial charge on any atom is 0.224 e. The molecule has 4 aromatic rings. The van der Waals surface area contributed by atoms with Crippen molar-refractivity contribution in [2.75, 3.05) is 11.9 Å². The number of aromatic nitrogens is 2. The number of anilines is 1. The van der Waals surface area contributed by atoms with Crippen LogP contribution in [-0.4, -0.2) is 28.3 Å². The Balaban J connectivity index is 1.41. The number of carbonyl (C=O) groups excluding carboxylic acids is 2. The summed E-state index contributed by atoms with van der Waals surface area (Å²) < 4.78 is 5.39. The van der Waals surface area contributed by atoms with Crippen LogP contribution >= 0.6 is 0 Å². The third kappa shape index (κ3) is 4.80. The second kappa shape index (κ2) is 9.26. The topological polar surface area (TPSA) is 84.1 Å². The number of rotatable bonds is 8. The van der Waals surface area contributed by atoms with E-state index in [9.17, 15) is 9.59 Å². The van der Waals surface area contributed by atoms with Crippen molar-refractivity contribution in [1.29, 1.82) is 0 Å². The number of hydrogen-bond donors (Lipinski definition) is 2. The number of fused-ring (bicyclic) bond motifs is 1. The fourth-order valence-electron chi connectivity index (χ4n) is 3.37. The van der Waals surface area contributed by atoms with Crippen LogP contribution in [0.5, 0.6) is 5.75 Å². The maximum absolute atomic E-state index is 12.5. The van der Waals surface area contributed by atoms with Crippen molar-refractivity contribution >= 4 is 28.4 Å². The molecule has 0 aliphatic carbocycles. The highest BCUT2D eigenvalue weighted by molar-refractivity contribution is 6.01. The number of ether oxygens (including phenoxy) is 1. The minimum absolute atomic E-state index is 0.0798. The number of amides is 1. The number of nitrogens with zero attached hydrogens (tertiary/aromatic N) is 1. The van der Waals surface area contributed by atoms with Crippen molar-refractivity contribution in [2.45, 2.75) is 19.8 Å². The van der Waals surface area contributed by atoms with Gasteiger partial charge in [-0.3, -0.25) is 9.59 Å². The van der Waals surface area contributed by atoms with Gasteiger partial charge in [-0.2, -0.15) is 0 Å². The standard InChI is InChI=1S/C25H23N3O3/c1-2-31-18-13-11-17(12-14-18)23(29)15-16-24(30)26-20-8-4-3-7-19(20)25-27-21-9-5-6-10-22(21)28-25/h3-14H,2,15-16H2,1H3,(H,26,30)(H,27,28). The van der Waals surface area contributed by atoms with Gasteiger partial charge in [0.2, 0.25) is 5.91 Å². The van der Waals surface area contributed by atoms with E-state index in [0.29, 0.717) is 23.7 Å². The summed E-state index contributed by atoms with van der Waals surface area (Å²) in [6.07, 6.45) is 0.229. The van der Waals surface area contributed by atoms with Crippen LogP contribution in [0.15, 0.2) is 72.8 Å². The van der Waals surface area contributed by atoms with E-state index in [4.69, 9.17) is 4.74 Å². The number of Topliss-reactive ketones (excluding diaryl/α,β-unsaturated/α-hetero) is 1. The van der Waals surface area contributed by atoms with Crippen LogP contribution in [0.1, 0.15) is 30.1 Å². The number of carbonyl (C=O) groups is 2. The van der Waals surface area contributed by atoms with Crippen LogP contribution in [-0.2, 0) is 4.79 Å². The smallest absolute Gasteiger partial charge is 0.224 e. The van der Waals surface area contributed by atoms with E-state index < -0.39 is 0 Å². The first-order valence-corrected chi connectivity index (χ1v) is 10.2. The van der Waals surface area contributed by atoms with Gasteiger partial charge in [-0.25, -0.2) is 4.98 Å². The van der Waals surface area contributed by atoms with Gasteiger partial charge in [0.15, 0.2) is 5.78 Å². The van der Waals surface area contributed by atoms with Crippen LogP contribution in [0.3, 0.4) is 0 Å². The molecule has 6 nitrogen and oxygen atoms in total. The third-order valence-corrected chi connectivity index (χ3v) is 4.91. The molecule has 0 aliphatic heterocycles. The Morgan fingerprint density at radius 3 is 2.45 bits per heavy atom. The molecule has 0 fully saturated rings. The molecule has 3 aromatic carbocycles. The van der Waals surface area contributed by atoms with Crippen LogP contribution in [0.4, 0.5) is 5.69 Å². The zero-order chi connectivity index (χ0) is 21.6. The van der Waals surface area contributed by atoms with Crippen molar-refractivity contribution in [3.63, 3.8) is 0 Å². The van der Waals surface area contributed by atoms with Gasteiger partial charge >= 0.3 is 0 Å². The van der Waals surface area contributed by atoms with E-state index in [1.54, 1.807) is 24.3 Å². The lowest BCUT2D eigenvalue weighted by atomic mass is 10.1. The molecule has 1 aromatic heterocycles. The summed E-state index contributed by atoms with van der Waals surface area (Å²) in [6.45, 7) is 2.48. The largest absolute Gasteiger partial charge is 0.494 e. The van der Waals surface area contributed by atoms with Crippen molar-refractivity contribution in [1.82, 2.24) is 9.97 Å². The summed E-state index contributed by atoms with van der Waals surface area (Å²) >= 11 is 0. The molecule has 0 atom stereocenters. The Kier molecular flexibility index (Phi) is 6.08. The minimum Gasteiger partial charge on any atom is -0.494 e. The molecule has 2 N–H and O–H groups in total. The fraction of sp³-hybridized carbons (Fsp3) is 0.160. The van der Waals surface area contributed by atoms with E-state index in [-0.39, 0.29) is 24.5 Å². The van der Waals surface area contributed by atoms with E-state index in [0.717, 1.165) is 22.3 Å². The molecule has 0 aliphatic rings. The average molecular weight is 413 g/mol. The molecule has 6 heteroatoms. The first kappa shape index (κ1) is 20.3. The number of nitrogens with one attached hydrogen (secondary N) is 2. The van der Waals surface area contributed by atoms with Crippen LogP contribution in [0.2, 0.25) is 0 Å². The summed E-state index contributed by atoms with van der Waals surface area (Å²) in [5.41, 5.74) is 3.81. The third-order valence-electron chi connectivity index (χ3n) is 4.91. The Hall–Kier alpha value is -3.93. The Labute approximate surface area is 180 Å². The highest BCUT2D eigenvalue weighted by Gasteiger charge is 2.14. The SMILES string of the molecule is CCOc1ccc(C(=O)CCC(=O)Nc2ccccc2-c2nc3ccccc3[nH]2)cc1. The summed E-state index contributed by atoms with van der Waals surface area (Å²) in [7, 11) is 0. The Bertz CT molecular complexity index is 1180. The molecule has 4 rings (SSSR count). The maximum atomic E-state index is 12.5. The van der Waals surface area contributed by atoms with Gasteiger partial charge in [-0.05, 0) is 55.5 Å². The predicted octanol–water partition coefficient (Wildman–Crippen LogP) is 5.23. The van der Waals surface area contributed by atoms with Crippen LogP contribution in [0.25, 0.3) is 22.4 Å². The first-order valence-electron chi connectivity index (χ1n) is 10.2. The van der Waals surface area contributed by atoms with E-state index >= 15 is 0 Å². The molecule has 0 bridgehead atoms. The summed E-state index contributed by atoms with van der Waals surface area (Å²) in [5, 5.41) is 2.91. The zero-order valence-corrected chi connectivity index (χ0v) is 17.2. The van der Waals surface area contributed by atoms with Gasteiger partial charge in [0, 0.05) is 24.0 Å². The summed E-state index contributed by atoms with van der Waals surface area (Å²) in [5.74, 6) is 1.10. The summed E-state index contributed by atoms with van der Waals surface area (Å²) in [4.78, 5) is 32.8. The van der Waals surface area contributed by atoms with Gasteiger partial charge in [-0.15, -0.1) is 0 Å². The molecular formula is C25H23N3O3. The van der Waals surface area contributed by atoms with Crippen molar-refractivity contribution in [3.8, 4) is 17.1 Å². The average Bonchev–Trinajstić information content (AvgIpc) is 3.23. The first-order chi connectivity index (χ1) is 15.1. The lowest BCUT2D eigenvalue weighted by molar-refractivity contribution is -0.116. The van der Waals surface area contributed by atoms with Gasteiger partial charge in [0.1, 0.15) is 11.6 Å². The molecule has 0 unspecified atom stereocenters. The molecule has 0 radical (unpaired) electrons. The number of hydrogen-bond acceptors (Lipinski definition) is 4. The Morgan fingerprint density at radius 1 is 0.935 bits per heavy atom.